The summed E-state index contributed by atoms with van der Waals surface area (Å²) in [5.74, 6) is 0.0317. The van der Waals surface area contributed by atoms with E-state index < -0.39 is 29.7 Å². The molecule has 33 heavy (non-hydrogen) atoms. The fourth-order valence-electron chi connectivity index (χ4n) is 3.75. The van der Waals surface area contributed by atoms with E-state index in [0.29, 0.717) is 17.1 Å². The van der Waals surface area contributed by atoms with Gasteiger partial charge in [-0.15, -0.1) is 0 Å². The van der Waals surface area contributed by atoms with Gasteiger partial charge in [0.2, 0.25) is 11.7 Å². The van der Waals surface area contributed by atoms with Gasteiger partial charge in [-0.25, -0.2) is 9.29 Å². The van der Waals surface area contributed by atoms with Crippen LogP contribution < -0.4 is 14.4 Å². The third-order valence-electron chi connectivity index (χ3n) is 5.36. The van der Waals surface area contributed by atoms with Crippen LogP contribution in [0.4, 0.5) is 10.1 Å². The number of imide groups is 1. The highest BCUT2D eigenvalue weighted by Gasteiger charge is 2.55. The molecule has 5 rings (SSSR count). The number of anilines is 1. The molecule has 1 fully saturated rings. The van der Waals surface area contributed by atoms with Gasteiger partial charge in [-0.2, -0.15) is 10.1 Å². The van der Waals surface area contributed by atoms with E-state index in [9.17, 15) is 14.0 Å². The molecule has 2 aliphatic heterocycles. The van der Waals surface area contributed by atoms with Gasteiger partial charge in [-0.05, 0) is 36.4 Å². The second-order valence-electron chi connectivity index (χ2n) is 7.26. The Hall–Kier alpha value is -4.35. The minimum Gasteiger partial charge on any atom is -0.497 e. The van der Waals surface area contributed by atoms with Crippen LogP contribution in [0.2, 0.25) is 0 Å². The zero-order valence-electron chi connectivity index (χ0n) is 17.5. The minimum atomic E-state index is -0.994. The van der Waals surface area contributed by atoms with Crippen molar-refractivity contribution in [1.29, 1.82) is 0 Å². The van der Waals surface area contributed by atoms with E-state index in [1.165, 1.54) is 36.4 Å². The molecule has 168 valence electrons. The zero-order valence-corrected chi connectivity index (χ0v) is 17.5. The summed E-state index contributed by atoms with van der Waals surface area (Å²) in [5, 5.41) is 13.2. The number of rotatable bonds is 6. The second-order valence-corrected chi connectivity index (χ2v) is 7.26. The van der Waals surface area contributed by atoms with Gasteiger partial charge < -0.3 is 14.0 Å². The summed E-state index contributed by atoms with van der Waals surface area (Å²) in [7, 11) is 3.06. The molecule has 11 nitrogen and oxygen atoms in total. The van der Waals surface area contributed by atoms with E-state index in [0.717, 1.165) is 4.90 Å². The van der Waals surface area contributed by atoms with Crippen LogP contribution in [-0.2, 0) is 16.1 Å². The largest absolute Gasteiger partial charge is 0.497 e. The molecule has 2 amide bonds. The van der Waals surface area contributed by atoms with Crippen LogP contribution in [-0.4, -0.2) is 53.3 Å². The lowest BCUT2D eigenvalue weighted by Crippen LogP contribution is -2.39. The number of nitrogens with zero attached hydrogens (tertiary/aromatic N) is 6. The molecule has 0 aliphatic carbocycles. The van der Waals surface area contributed by atoms with Gasteiger partial charge in [0.15, 0.2) is 12.1 Å². The van der Waals surface area contributed by atoms with E-state index in [4.69, 9.17) is 14.0 Å². The topological polar surface area (TPSA) is 123 Å². The van der Waals surface area contributed by atoms with Crippen molar-refractivity contribution in [3.8, 4) is 22.9 Å². The molecule has 0 spiro atoms. The van der Waals surface area contributed by atoms with Crippen molar-refractivity contribution in [3.63, 3.8) is 0 Å². The number of aromatic nitrogens is 2. The maximum atomic E-state index is 13.2. The zero-order chi connectivity index (χ0) is 23.1. The smallest absolute Gasteiger partial charge is 0.263 e. The highest BCUT2D eigenvalue weighted by molar-refractivity contribution is 6.25. The van der Waals surface area contributed by atoms with Gasteiger partial charge in [-0.3, -0.25) is 14.6 Å². The third-order valence-corrected chi connectivity index (χ3v) is 5.36. The summed E-state index contributed by atoms with van der Waals surface area (Å²) in [5.41, 5.74) is 0.853. The van der Waals surface area contributed by atoms with Gasteiger partial charge in [0, 0.05) is 6.07 Å². The number of halogens is 1. The van der Waals surface area contributed by atoms with Gasteiger partial charge in [0.1, 0.15) is 23.9 Å². The molecule has 2 aromatic carbocycles. The quantitative estimate of drug-likeness (QED) is 0.523. The van der Waals surface area contributed by atoms with Crippen LogP contribution in [0.15, 0.2) is 57.3 Å². The molecule has 1 saturated heterocycles. The summed E-state index contributed by atoms with van der Waals surface area (Å²) >= 11 is 0. The number of ether oxygens (including phenoxy) is 2. The molecule has 3 heterocycles. The Morgan fingerprint density at radius 2 is 1.85 bits per heavy atom. The molecule has 0 bridgehead atoms. The van der Waals surface area contributed by atoms with E-state index in [1.807, 2.05) is 0 Å². The molecule has 0 saturated carbocycles. The Balaban J connectivity index is 1.36. The average molecular weight is 452 g/mol. The Morgan fingerprint density at radius 3 is 2.58 bits per heavy atom. The molecule has 1 aromatic heterocycles. The molecule has 0 N–H and O–H groups in total. The summed E-state index contributed by atoms with van der Waals surface area (Å²) in [6.45, 7) is -0.0353. The van der Waals surface area contributed by atoms with Gasteiger partial charge >= 0.3 is 0 Å². The maximum Gasteiger partial charge on any atom is 0.263 e. The van der Waals surface area contributed by atoms with Crippen molar-refractivity contribution in [2.45, 2.75) is 18.6 Å². The van der Waals surface area contributed by atoms with Crippen LogP contribution in [0.3, 0.4) is 0 Å². The number of amides is 2. The predicted molar refractivity (Wildman–Crippen MR) is 110 cm³/mol. The number of benzene rings is 2. The average Bonchev–Trinajstić information content (AvgIpc) is 3.52. The fraction of sp³-hybridized carbons (Fsp3) is 0.238. The Kier molecular flexibility index (Phi) is 4.96. The first-order valence-electron chi connectivity index (χ1n) is 9.86. The maximum absolute atomic E-state index is 13.2. The van der Waals surface area contributed by atoms with Crippen LogP contribution in [0.5, 0.6) is 11.5 Å². The SMILES string of the molecule is COc1ccc(-c2noc(CN3N=N[C@@H]4C(=O)N(c5ccc(F)cc5)C(=O)[C@@H]43)n2)c(OC)c1. The molecular weight excluding hydrogens is 435 g/mol. The highest BCUT2D eigenvalue weighted by atomic mass is 19.1. The standard InChI is InChI=1S/C21H17FN6O5/c1-31-13-7-8-14(15(9-13)32-2)19-23-16(33-25-19)10-27-18-17(24-26-27)20(29)28(21(18)30)12-5-3-11(22)4-6-12/h3-9,17-18H,10H2,1-2H3/t17-,18+/m0/s1. The predicted octanol–water partition coefficient (Wildman–Crippen LogP) is 2.39. The van der Waals surface area contributed by atoms with Gasteiger partial charge in [0.05, 0.1) is 25.5 Å². The van der Waals surface area contributed by atoms with Crippen LogP contribution in [0.1, 0.15) is 5.89 Å². The van der Waals surface area contributed by atoms with Crippen molar-refractivity contribution in [1.82, 2.24) is 15.1 Å². The van der Waals surface area contributed by atoms with Gasteiger partial charge in [-0.1, -0.05) is 10.4 Å². The van der Waals surface area contributed by atoms with Crippen molar-refractivity contribution >= 4 is 17.5 Å². The van der Waals surface area contributed by atoms with E-state index in [-0.39, 0.29) is 23.9 Å². The molecule has 0 radical (unpaired) electrons. The normalized spacial score (nSPS) is 19.4. The number of methoxy groups -OCH3 is 2. The first-order valence-corrected chi connectivity index (χ1v) is 9.86. The first kappa shape index (κ1) is 20.5. The Bertz CT molecular complexity index is 1260. The molecule has 3 aromatic rings. The third kappa shape index (κ3) is 3.45. The minimum absolute atomic E-state index is 0.0353. The summed E-state index contributed by atoms with van der Waals surface area (Å²) in [6, 6.07) is 8.29. The number of hydrogen-bond acceptors (Lipinski definition) is 10. The lowest BCUT2D eigenvalue weighted by atomic mass is 10.1. The van der Waals surface area contributed by atoms with Crippen LogP contribution >= 0.6 is 0 Å². The Labute approximate surface area is 186 Å². The summed E-state index contributed by atoms with van der Waals surface area (Å²) in [4.78, 5) is 31.1. The molecular formula is C21H17FN6O5. The molecule has 12 heteroatoms. The monoisotopic (exact) mass is 452 g/mol. The molecule has 2 aliphatic rings. The number of carbonyl (C=O) groups is 2. The number of fused-ring (bicyclic) bond motifs is 1. The number of hydrogen-bond donors (Lipinski definition) is 0. The number of carbonyl (C=O) groups excluding carboxylic acids is 2. The van der Waals surface area contributed by atoms with Crippen molar-refractivity contribution in [2.75, 3.05) is 19.1 Å². The molecule has 0 unspecified atom stereocenters. The van der Waals surface area contributed by atoms with Crippen molar-refractivity contribution in [2.24, 2.45) is 10.3 Å². The highest BCUT2D eigenvalue weighted by Crippen LogP contribution is 2.34. The van der Waals surface area contributed by atoms with Crippen molar-refractivity contribution < 1.29 is 28.0 Å². The van der Waals surface area contributed by atoms with Gasteiger partial charge in [0.25, 0.3) is 11.8 Å². The Morgan fingerprint density at radius 1 is 1.06 bits per heavy atom. The van der Waals surface area contributed by atoms with E-state index in [2.05, 4.69) is 20.5 Å². The lowest BCUT2D eigenvalue weighted by molar-refractivity contribution is -0.123. The van der Waals surface area contributed by atoms with Crippen LogP contribution in [0.25, 0.3) is 11.4 Å². The van der Waals surface area contributed by atoms with Crippen molar-refractivity contribution in [3.05, 3.63) is 54.2 Å². The first-order chi connectivity index (χ1) is 16.0. The summed E-state index contributed by atoms with van der Waals surface area (Å²) < 4.78 is 29.1. The van der Waals surface area contributed by atoms with E-state index in [1.54, 1.807) is 25.3 Å². The lowest BCUT2D eigenvalue weighted by Gasteiger charge is -2.19. The van der Waals surface area contributed by atoms with E-state index >= 15 is 0 Å². The molecule has 2 atom stereocenters. The fourth-order valence-corrected chi connectivity index (χ4v) is 3.75. The summed E-state index contributed by atoms with van der Waals surface area (Å²) in [6.07, 6.45) is 0. The second kappa shape index (κ2) is 7.97. The van der Waals surface area contributed by atoms with Crippen LogP contribution in [0, 0.1) is 5.82 Å².